The van der Waals surface area contributed by atoms with E-state index in [0.717, 1.165) is 0 Å². The van der Waals surface area contributed by atoms with Gasteiger partial charge in [0.25, 0.3) is 5.91 Å². The third-order valence-corrected chi connectivity index (χ3v) is 4.99. The maximum Gasteiger partial charge on any atom is 0.410 e. The lowest BCUT2D eigenvalue weighted by Crippen LogP contribution is -2.58. The van der Waals surface area contributed by atoms with Crippen molar-refractivity contribution in [3.63, 3.8) is 0 Å². The normalized spacial score (nSPS) is 17.9. The summed E-state index contributed by atoms with van der Waals surface area (Å²) in [6.45, 7) is 8.69. The molecule has 0 saturated carbocycles. The van der Waals surface area contributed by atoms with Crippen molar-refractivity contribution >= 4 is 23.6 Å². The molecule has 1 fully saturated rings. The molecule has 0 spiro atoms. The van der Waals surface area contributed by atoms with Gasteiger partial charge >= 0.3 is 6.09 Å². The summed E-state index contributed by atoms with van der Waals surface area (Å²) < 4.78 is 20.0. The van der Waals surface area contributed by atoms with Crippen LogP contribution in [0.15, 0.2) is 6.07 Å². The second kappa shape index (κ2) is 8.02. The molecular formula is C19H26ClFN2O4. The van der Waals surface area contributed by atoms with Crippen LogP contribution in [0.3, 0.4) is 0 Å². The van der Waals surface area contributed by atoms with E-state index >= 15 is 0 Å². The summed E-state index contributed by atoms with van der Waals surface area (Å²) in [5, 5.41) is 10.0. The first-order valence-electron chi connectivity index (χ1n) is 8.81. The second-order valence-corrected chi connectivity index (χ2v) is 8.14. The third-order valence-electron chi connectivity index (χ3n) is 4.59. The number of hydrogen-bond donors (Lipinski definition) is 1. The van der Waals surface area contributed by atoms with Crippen molar-refractivity contribution < 1.29 is 23.8 Å². The fourth-order valence-electron chi connectivity index (χ4n) is 2.93. The van der Waals surface area contributed by atoms with E-state index in [1.54, 1.807) is 34.6 Å². The monoisotopic (exact) mass is 400 g/mol. The molecule has 0 bridgehead atoms. The molecule has 8 heteroatoms. The van der Waals surface area contributed by atoms with Crippen LogP contribution >= 0.6 is 11.6 Å². The van der Waals surface area contributed by atoms with Crippen LogP contribution in [-0.4, -0.2) is 64.8 Å². The molecule has 2 rings (SSSR count). The molecule has 6 nitrogen and oxygen atoms in total. The molecule has 1 aliphatic rings. The third kappa shape index (κ3) is 4.71. The van der Waals surface area contributed by atoms with Crippen molar-refractivity contribution in [2.24, 2.45) is 0 Å². The Kier molecular flexibility index (Phi) is 6.37. The number of aliphatic hydroxyl groups is 1. The molecular weight excluding hydrogens is 375 g/mol. The van der Waals surface area contributed by atoms with Crippen LogP contribution in [0.2, 0.25) is 5.02 Å². The van der Waals surface area contributed by atoms with Gasteiger partial charge in [-0.15, -0.1) is 0 Å². The number of piperazine rings is 1. The van der Waals surface area contributed by atoms with Crippen molar-refractivity contribution in [2.75, 3.05) is 26.2 Å². The number of nitrogens with zero attached hydrogens (tertiary/aromatic N) is 2. The fraction of sp³-hybridized carbons (Fsp3) is 0.579. The van der Waals surface area contributed by atoms with E-state index in [9.17, 15) is 19.1 Å². The number of aliphatic hydroxyl groups excluding tert-OH is 1. The molecule has 1 unspecified atom stereocenters. The predicted molar refractivity (Wildman–Crippen MR) is 101 cm³/mol. The Bertz CT molecular complexity index is 748. The van der Waals surface area contributed by atoms with Crippen molar-refractivity contribution in [3.8, 4) is 0 Å². The average Bonchev–Trinajstić information content (AvgIpc) is 2.60. The maximum atomic E-state index is 14.6. The summed E-state index contributed by atoms with van der Waals surface area (Å²) in [5.74, 6) is -1.17. The first-order valence-corrected chi connectivity index (χ1v) is 9.19. The molecule has 1 aromatic rings. The SMILES string of the molecule is Cc1c(Cl)cc(C(=O)N2CCN(C(=O)OC(C)(C)C)CC2CO)c(F)c1C. The van der Waals surface area contributed by atoms with Gasteiger partial charge in [-0.3, -0.25) is 4.79 Å². The molecule has 0 aromatic heterocycles. The van der Waals surface area contributed by atoms with Gasteiger partial charge in [-0.25, -0.2) is 9.18 Å². The molecule has 1 aliphatic heterocycles. The van der Waals surface area contributed by atoms with Crippen molar-refractivity contribution in [3.05, 3.63) is 33.6 Å². The number of amides is 2. The van der Waals surface area contributed by atoms with Crippen LogP contribution in [-0.2, 0) is 4.74 Å². The molecule has 1 N–H and O–H groups in total. The number of ether oxygens (including phenoxy) is 1. The van der Waals surface area contributed by atoms with Gasteiger partial charge in [0, 0.05) is 24.7 Å². The minimum absolute atomic E-state index is 0.108. The summed E-state index contributed by atoms with van der Waals surface area (Å²) in [6.07, 6.45) is -0.506. The van der Waals surface area contributed by atoms with Crippen LogP contribution in [0.25, 0.3) is 0 Å². The van der Waals surface area contributed by atoms with E-state index < -0.39 is 29.5 Å². The van der Waals surface area contributed by atoms with Crippen molar-refractivity contribution in [1.82, 2.24) is 9.80 Å². The first-order chi connectivity index (χ1) is 12.5. The number of benzene rings is 1. The predicted octanol–water partition coefficient (Wildman–Crippen LogP) is 3.15. The highest BCUT2D eigenvalue weighted by Crippen LogP contribution is 2.27. The summed E-state index contributed by atoms with van der Waals surface area (Å²) in [5.41, 5.74) is 0.128. The standard InChI is InChI=1S/C19H26ClFN2O4/c1-11-12(2)16(21)14(8-15(11)20)17(25)23-7-6-22(9-13(23)10-24)18(26)27-19(3,4)5/h8,13,24H,6-7,9-10H2,1-5H3. The van der Waals surface area contributed by atoms with E-state index in [2.05, 4.69) is 0 Å². The first kappa shape index (κ1) is 21.4. The Morgan fingerprint density at radius 2 is 1.93 bits per heavy atom. The van der Waals surface area contributed by atoms with E-state index in [1.807, 2.05) is 0 Å². The van der Waals surface area contributed by atoms with Crippen molar-refractivity contribution in [1.29, 1.82) is 0 Å². The Balaban J connectivity index is 2.21. The lowest BCUT2D eigenvalue weighted by atomic mass is 10.0. The Labute approximate surface area is 163 Å². The fourth-order valence-corrected chi connectivity index (χ4v) is 3.18. The van der Waals surface area contributed by atoms with E-state index in [1.165, 1.54) is 15.9 Å². The van der Waals surface area contributed by atoms with E-state index in [4.69, 9.17) is 16.3 Å². The summed E-state index contributed by atoms with van der Waals surface area (Å²) >= 11 is 6.11. The van der Waals surface area contributed by atoms with Gasteiger partial charge in [0.05, 0.1) is 18.2 Å². The molecule has 150 valence electrons. The van der Waals surface area contributed by atoms with Gasteiger partial charge in [-0.1, -0.05) is 11.6 Å². The van der Waals surface area contributed by atoms with Gasteiger partial charge in [-0.2, -0.15) is 0 Å². The lowest BCUT2D eigenvalue weighted by Gasteiger charge is -2.41. The second-order valence-electron chi connectivity index (χ2n) is 7.73. The highest BCUT2D eigenvalue weighted by molar-refractivity contribution is 6.31. The van der Waals surface area contributed by atoms with Crippen LogP contribution in [0, 0.1) is 19.7 Å². The number of halogens is 2. The minimum Gasteiger partial charge on any atom is -0.444 e. The van der Waals surface area contributed by atoms with Gasteiger partial charge < -0.3 is 19.6 Å². The lowest BCUT2D eigenvalue weighted by molar-refractivity contribution is -0.00255. The minimum atomic E-state index is -0.654. The highest BCUT2D eigenvalue weighted by Gasteiger charge is 2.35. The number of carbonyl (C=O) groups excluding carboxylic acids is 2. The average molecular weight is 401 g/mol. The zero-order chi connectivity index (χ0) is 20.5. The topological polar surface area (TPSA) is 70.1 Å². The molecule has 1 heterocycles. The van der Waals surface area contributed by atoms with Crippen LogP contribution in [0.4, 0.5) is 9.18 Å². The zero-order valence-corrected chi connectivity index (χ0v) is 17.1. The summed E-state index contributed by atoms with van der Waals surface area (Å²) in [4.78, 5) is 28.0. The summed E-state index contributed by atoms with van der Waals surface area (Å²) in [7, 11) is 0. The summed E-state index contributed by atoms with van der Waals surface area (Å²) in [6, 6.07) is 0.662. The number of rotatable bonds is 2. The quantitative estimate of drug-likeness (QED) is 0.827. The Morgan fingerprint density at radius 3 is 2.48 bits per heavy atom. The van der Waals surface area contributed by atoms with E-state index in [0.29, 0.717) is 16.1 Å². The van der Waals surface area contributed by atoms with Crippen molar-refractivity contribution in [2.45, 2.75) is 46.3 Å². The van der Waals surface area contributed by atoms with Gasteiger partial charge in [0.2, 0.25) is 0 Å². The van der Waals surface area contributed by atoms with Gasteiger partial charge in [0.15, 0.2) is 0 Å². The Morgan fingerprint density at radius 1 is 1.30 bits per heavy atom. The Hall–Kier alpha value is -1.86. The highest BCUT2D eigenvalue weighted by atomic mass is 35.5. The zero-order valence-electron chi connectivity index (χ0n) is 16.3. The van der Waals surface area contributed by atoms with Crippen LogP contribution < -0.4 is 0 Å². The molecule has 1 aromatic carbocycles. The van der Waals surface area contributed by atoms with Gasteiger partial charge in [-0.05, 0) is 51.8 Å². The molecule has 1 saturated heterocycles. The largest absolute Gasteiger partial charge is 0.444 e. The molecule has 2 amide bonds. The molecule has 1 atom stereocenters. The molecule has 0 aliphatic carbocycles. The molecule has 27 heavy (non-hydrogen) atoms. The van der Waals surface area contributed by atoms with Crippen LogP contribution in [0.5, 0.6) is 0 Å². The van der Waals surface area contributed by atoms with Gasteiger partial charge in [0.1, 0.15) is 11.4 Å². The van der Waals surface area contributed by atoms with E-state index in [-0.39, 0.29) is 31.8 Å². The maximum absolute atomic E-state index is 14.6. The number of hydrogen-bond acceptors (Lipinski definition) is 4. The van der Waals surface area contributed by atoms with Crippen LogP contribution in [0.1, 0.15) is 42.3 Å². The number of carbonyl (C=O) groups is 2. The molecule has 0 radical (unpaired) electrons. The smallest absolute Gasteiger partial charge is 0.410 e.